The fraction of sp³-hybridized carbons (Fsp3) is 0.438. The van der Waals surface area contributed by atoms with Gasteiger partial charge in [0.1, 0.15) is 0 Å². The molecule has 1 heterocycles. The number of hydrogen-bond donors (Lipinski definition) is 1. The van der Waals surface area contributed by atoms with E-state index in [2.05, 4.69) is 35.5 Å². The van der Waals surface area contributed by atoms with E-state index in [9.17, 15) is 0 Å². The van der Waals surface area contributed by atoms with Crippen LogP contribution in [0.2, 0.25) is 5.02 Å². The van der Waals surface area contributed by atoms with Gasteiger partial charge < -0.3 is 5.32 Å². The molecule has 20 heavy (non-hydrogen) atoms. The summed E-state index contributed by atoms with van der Waals surface area (Å²) in [5.74, 6) is 0. The summed E-state index contributed by atoms with van der Waals surface area (Å²) < 4.78 is 1.85. The molecule has 1 aliphatic carbocycles. The number of rotatable bonds is 5. The fourth-order valence-electron chi connectivity index (χ4n) is 2.46. The van der Waals surface area contributed by atoms with Crippen LogP contribution in [0.15, 0.2) is 24.4 Å². The molecular formula is C16H20ClN3. The highest BCUT2D eigenvalue weighted by molar-refractivity contribution is 6.33. The predicted molar refractivity (Wildman–Crippen MR) is 82.9 cm³/mol. The number of nitrogens with zero attached hydrogens (tertiary/aromatic N) is 2. The minimum absolute atomic E-state index is 0.721. The molecule has 0 bridgehead atoms. The molecule has 1 aromatic carbocycles. The Bertz CT molecular complexity index is 614. The van der Waals surface area contributed by atoms with Gasteiger partial charge in [-0.15, -0.1) is 0 Å². The average molecular weight is 290 g/mol. The molecule has 0 aliphatic heterocycles. The summed E-state index contributed by atoms with van der Waals surface area (Å²) in [6, 6.07) is 7.06. The van der Waals surface area contributed by atoms with Crippen molar-refractivity contribution in [1.82, 2.24) is 15.1 Å². The van der Waals surface area contributed by atoms with E-state index in [0.29, 0.717) is 0 Å². The van der Waals surface area contributed by atoms with Crippen molar-refractivity contribution < 1.29 is 0 Å². The number of aryl methyl sites for hydroxylation is 2. The zero-order valence-corrected chi connectivity index (χ0v) is 12.7. The minimum atomic E-state index is 0.721. The third-order valence-electron chi connectivity index (χ3n) is 3.74. The first-order valence-corrected chi connectivity index (χ1v) is 7.60. The molecule has 0 spiro atoms. The second-order valence-corrected chi connectivity index (χ2v) is 5.89. The maximum atomic E-state index is 6.47. The largest absolute Gasteiger partial charge is 0.310 e. The van der Waals surface area contributed by atoms with E-state index >= 15 is 0 Å². The molecule has 1 aliphatic rings. The van der Waals surface area contributed by atoms with E-state index < -0.39 is 0 Å². The molecule has 1 aromatic heterocycles. The minimum Gasteiger partial charge on any atom is -0.310 e. The molecule has 3 rings (SSSR count). The molecule has 1 fully saturated rings. The van der Waals surface area contributed by atoms with Crippen LogP contribution in [0.25, 0.3) is 11.1 Å². The molecule has 0 saturated heterocycles. The van der Waals surface area contributed by atoms with Gasteiger partial charge in [-0.1, -0.05) is 30.7 Å². The van der Waals surface area contributed by atoms with Gasteiger partial charge in [0.15, 0.2) is 0 Å². The lowest BCUT2D eigenvalue weighted by Crippen LogP contribution is -2.15. The van der Waals surface area contributed by atoms with E-state index in [4.69, 9.17) is 11.6 Å². The van der Waals surface area contributed by atoms with Crippen LogP contribution < -0.4 is 5.32 Å². The lowest BCUT2D eigenvalue weighted by Gasteiger charge is -2.08. The van der Waals surface area contributed by atoms with E-state index in [1.807, 2.05) is 17.9 Å². The Hall–Kier alpha value is -1.32. The average Bonchev–Trinajstić information content (AvgIpc) is 3.18. The predicted octanol–water partition coefficient (Wildman–Crippen LogP) is 3.55. The maximum Gasteiger partial charge on any atom is 0.0700 e. The maximum absolute atomic E-state index is 6.47. The highest BCUT2D eigenvalue weighted by atomic mass is 35.5. The number of nitrogens with one attached hydrogen (secondary N) is 1. The summed E-state index contributed by atoms with van der Waals surface area (Å²) >= 11 is 6.47. The Balaban J connectivity index is 1.85. The normalized spacial score (nSPS) is 14.8. The van der Waals surface area contributed by atoms with Crippen LogP contribution in [0.5, 0.6) is 0 Å². The van der Waals surface area contributed by atoms with Gasteiger partial charge in [-0.05, 0) is 30.9 Å². The van der Waals surface area contributed by atoms with Gasteiger partial charge in [-0.25, -0.2) is 0 Å². The molecule has 1 saturated carbocycles. The van der Waals surface area contributed by atoms with E-state index in [1.165, 1.54) is 18.4 Å². The molecule has 0 radical (unpaired) electrons. The van der Waals surface area contributed by atoms with Gasteiger partial charge in [-0.2, -0.15) is 5.10 Å². The number of aromatic nitrogens is 2. The highest BCUT2D eigenvalue weighted by Crippen LogP contribution is 2.31. The molecule has 0 unspecified atom stereocenters. The third-order valence-corrected chi connectivity index (χ3v) is 4.05. The second kappa shape index (κ2) is 5.58. The van der Waals surface area contributed by atoms with Crippen LogP contribution in [0.1, 0.15) is 31.0 Å². The van der Waals surface area contributed by atoms with Gasteiger partial charge >= 0.3 is 0 Å². The SMILES string of the molecule is CCc1nn(C)cc1-c1ccc(CNC2CC2)cc1Cl. The fourth-order valence-corrected chi connectivity index (χ4v) is 2.76. The van der Waals surface area contributed by atoms with Crippen LogP contribution >= 0.6 is 11.6 Å². The third kappa shape index (κ3) is 2.89. The lowest BCUT2D eigenvalue weighted by atomic mass is 10.0. The zero-order valence-electron chi connectivity index (χ0n) is 12.0. The van der Waals surface area contributed by atoms with E-state index in [-0.39, 0.29) is 0 Å². The van der Waals surface area contributed by atoms with Crippen LogP contribution in [-0.2, 0) is 20.0 Å². The van der Waals surface area contributed by atoms with Gasteiger partial charge in [0, 0.05) is 42.0 Å². The number of halogens is 1. The molecular weight excluding hydrogens is 270 g/mol. The molecule has 1 N–H and O–H groups in total. The highest BCUT2D eigenvalue weighted by Gasteiger charge is 2.20. The second-order valence-electron chi connectivity index (χ2n) is 5.49. The van der Waals surface area contributed by atoms with Gasteiger partial charge in [-0.3, -0.25) is 4.68 Å². The summed E-state index contributed by atoms with van der Waals surface area (Å²) in [6.45, 7) is 3.02. The first-order chi connectivity index (χ1) is 9.67. The summed E-state index contributed by atoms with van der Waals surface area (Å²) in [6.07, 6.45) is 5.57. The Morgan fingerprint density at radius 3 is 2.80 bits per heavy atom. The smallest absolute Gasteiger partial charge is 0.0700 e. The van der Waals surface area contributed by atoms with Crippen molar-refractivity contribution >= 4 is 11.6 Å². The van der Waals surface area contributed by atoms with Crippen LogP contribution in [-0.4, -0.2) is 15.8 Å². The van der Waals surface area contributed by atoms with Crippen molar-refractivity contribution in [2.24, 2.45) is 7.05 Å². The monoisotopic (exact) mass is 289 g/mol. The van der Waals surface area contributed by atoms with Crippen molar-refractivity contribution in [2.75, 3.05) is 0 Å². The van der Waals surface area contributed by atoms with Crippen molar-refractivity contribution in [1.29, 1.82) is 0 Å². The quantitative estimate of drug-likeness (QED) is 0.912. The Morgan fingerprint density at radius 1 is 1.35 bits per heavy atom. The summed E-state index contributed by atoms with van der Waals surface area (Å²) in [5.41, 5.74) is 4.55. The number of hydrogen-bond acceptors (Lipinski definition) is 2. The summed E-state index contributed by atoms with van der Waals surface area (Å²) in [5, 5.41) is 8.80. The zero-order chi connectivity index (χ0) is 14.1. The number of benzene rings is 1. The molecule has 3 nitrogen and oxygen atoms in total. The molecule has 0 atom stereocenters. The topological polar surface area (TPSA) is 29.9 Å². The Kier molecular flexibility index (Phi) is 3.81. The van der Waals surface area contributed by atoms with Crippen LogP contribution in [0.3, 0.4) is 0 Å². The molecule has 4 heteroatoms. The van der Waals surface area contributed by atoms with Crippen molar-refractivity contribution in [2.45, 2.75) is 38.8 Å². The van der Waals surface area contributed by atoms with Crippen LogP contribution in [0.4, 0.5) is 0 Å². The first-order valence-electron chi connectivity index (χ1n) is 7.22. The van der Waals surface area contributed by atoms with Gasteiger partial charge in [0.05, 0.1) is 5.69 Å². The molecule has 0 amide bonds. The van der Waals surface area contributed by atoms with E-state index in [1.54, 1.807) is 0 Å². The standard InChI is InChI=1S/C16H20ClN3/c1-3-16-14(10-20(2)19-16)13-7-4-11(8-15(13)17)9-18-12-5-6-12/h4,7-8,10,12,18H,3,5-6,9H2,1-2H3. The first kappa shape index (κ1) is 13.7. The van der Waals surface area contributed by atoms with E-state index in [0.717, 1.165) is 40.9 Å². The molecule has 2 aromatic rings. The van der Waals surface area contributed by atoms with Crippen molar-refractivity contribution in [3.05, 3.63) is 40.7 Å². The van der Waals surface area contributed by atoms with Crippen LogP contribution in [0, 0.1) is 0 Å². The molecule has 106 valence electrons. The van der Waals surface area contributed by atoms with Crippen molar-refractivity contribution in [3.8, 4) is 11.1 Å². The summed E-state index contributed by atoms with van der Waals surface area (Å²) in [4.78, 5) is 0. The van der Waals surface area contributed by atoms with Gasteiger partial charge in [0.25, 0.3) is 0 Å². The lowest BCUT2D eigenvalue weighted by molar-refractivity contribution is 0.688. The Morgan fingerprint density at radius 2 is 2.15 bits per heavy atom. The Labute approximate surface area is 124 Å². The van der Waals surface area contributed by atoms with Crippen molar-refractivity contribution in [3.63, 3.8) is 0 Å². The summed E-state index contributed by atoms with van der Waals surface area (Å²) in [7, 11) is 1.95. The van der Waals surface area contributed by atoms with Gasteiger partial charge in [0.2, 0.25) is 0 Å².